The van der Waals surface area contributed by atoms with Gasteiger partial charge in [0.25, 0.3) is 0 Å². The molecule has 4 rings (SSSR count). The third-order valence-corrected chi connectivity index (χ3v) is 5.68. The van der Waals surface area contributed by atoms with Gasteiger partial charge in [0, 0.05) is 30.9 Å². The summed E-state index contributed by atoms with van der Waals surface area (Å²) >= 11 is 3.39. The first-order valence-electron chi connectivity index (χ1n) is 10.0. The Morgan fingerprint density at radius 2 is 1.97 bits per heavy atom. The van der Waals surface area contributed by atoms with Crippen molar-refractivity contribution in [2.45, 2.75) is 45.1 Å². The van der Waals surface area contributed by atoms with Gasteiger partial charge < -0.3 is 15.4 Å². The number of fused-ring (bicyclic) bond motifs is 1. The molecular formula is C21H24BrFN6O2. The van der Waals surface area contributed by atoms with Gasteiger partial charge in [-0.1, -0.05) is 0 Å². The van der Waals surface area contributed by atoms with E-state index in [9.17, 15) is 9.18 Å². The van der Waals surface area contributed by atoms with E-state index >= 15 is 0 Å². The van der Waals surface area contributed by atoms with E-state index in [-0.39, 0.29) is 23.8 Å². The molecule has 0 saturated carbocycles. The number of nitrogen functional groups attached to an aromatic ring is 1. The normalized spacial score (nSPS) is 15.5. The summed E-state index contributed by atoms with van der Waals surface area (Å²) in [7, 11) is 0. The number of aromatic nitrogens is 4. The molecule has 31 heavy (non-hydrogen) atoms. The van der Waals surface area contributed by atoms with Crippen molar-refractivity contribution in [3.63, 3.8) is 0 Å². The first-order chi connectivity index (χ1) is 14.6. The van der Waals surface area contributed by atoms with Gasteiger partial charge in [-0.05, 0) is 67.1 Å². The quantitative estimate of drug-likeness (QED) is 0.533. The largest absolute Gasteiger partial charge is 0.444 e. The maximum absolute atomic E-state index is 14.5. The highest BCUT2D eigenvalue weighted by Gasteiger charge is 2.29. The van der Waals surface area contributed by atoms with Crippen molar-refractivity contribution in [3.8, 4) is 5.82 Å². The number of likely N-dealkylation sites (tertiary alicyclic amines) is 1. The second kappa shape index (κ2) is 8.07. The van der Waals surface area contributed by atoms with Crippen LogP contribution in [0.1, 0.15) is 45.1 Å². The number of hydrogen-bond acceptors (Lipinski definition) is 6. The lowest BCUT2D eigenvalue weighted by Gasteiger charge is -2.33. The fourth-order valence-corrected chi connectivity index (χ4v) is 4.18. The molecule has 0 bridgehead atoms. The minimum atomic E-state index is -0.565. The van der Waals surface area contributed by atoms with Crippen molar-refractivity contribution in [1.29, 1.82) is 0 Å². The number of amides is 1. The number of piperidine rings is 1. The monoisotopic (exact) mass is 490 g/mol. The van der Waals surface area contributed by atoms with Gasteiger partial charge >= 0.3 is 6.09 Å². The number of carbonyl (C=O) groups excluding carboxylic acids is 1. The van der Waals surface area contributed by atoms with Crippen LogP contribution in [0.5, 0.6) is 0 Å². The molecule has 1 fully saturated rings. The molecule has 0 radical (unpaired) electrons. The van der Waals surface area contributed by atoms with Gasteiger partial charge in [0.05, 0.1) is 11.7 Å². The maximum atomic E-state index is 14.5. The van der Waals surface area contributed by atoms with Gasteiger partial charge in [0.15, 0.2) is 11.6 Å². The lowest BCUT2D eigenvalue weighted by molar-refractivity contribution is 0.0205. The van der Waals surface area contributed by atoms with Crippen LogP contribution >= 0.6 is 15.9 Å². The van der Waals surface area contributed by atoms with E-state index in [1.807, 2.05) is 33.0 Å². The molecule has 3 aromatic rings. The van der Waals surface area contributed by atoms with Gasteiger partial charge in [-0.3, -0.25) is 4.57 Å². The Labute approximate surface area is 187 Å². The zero-order valence-electron chi connectivity index (χ0n) is 17.6. The van der Waals surface area contributed by atoms with Gasteiger partial charge in [-0.25, -0.2) is 19.2 Å². The molecule has 1 amide bonds. The summed E-state index contributed by atoms with van der Waals surface area (Å²) in [6.07, 6.45) is 5.97. The van der Waals surface area contributed by atoms with Crippen LogP contribution < -0.4 is 5.73 Å². The number of rotatable bonds is 2. The van der Waals surface area contributed by atoms with Crippen LogP contribution in [-0.2, 0) is 4.74 Å². The predicted molar refractivity (Wildman–Crippen MR) is 119 cm³/mol. The van der Waals surface area contributed by atoms with E-state index in [1.54, 1.807) is 15.7 Å². The van der Waals surface area contributed by atoms with Gasteiger partial charge in [-0.15, -0.1) is 0 Å². The van der Waals surface area contributed by atoms with Crippen LogP contribution in [0.15, 0.2) is 29.3 Å². The zero-order chi connectivity index (χ0) is 22.3. The number of nitrogens with zero attached hydrogens (tertiary/aromatic N) is 5. The Morgan fingerprint density at radius 3 is 2.65 bits per heavy atom. The van der Waals surface area contributed by atoms with Crippen molar-refractivity contribution in [3.05, 3.63) is 40.6 Å². The lowest BCUT2D eigenvalue weighted by Crippen LogP contribution is -2.41. The molecule has 4 heterocycles. The van der Waals surface area contributed by atoms with Crippen LogP contribution in [-0.4, -0.2) is 49.2 Å². The van der Waals surface area contributed by atoms with Crippen molar-refractivity contribution < 1.29 is 13.9 Å². The molecule has 8 nitrogen and oxygen atoms in total. The highest BCUT2D eigenvalue weighted by molar-refractivity contribution is 9.10. The number of ether oxygens (including phenoxy) is 1. The highest BCUT2D eigenvalue weighted by atomic mass is 79.9. The topological polar surface area (TPSA) is 99.2 Å². The molecule has 0 unspecified atom stereocenters. The summed E-state index contributed by atoms with van der Waals surface area (Å²) in [6.45, 7) is 6.75. The van der Waals surface area contributed by atoms with Crippen molar-refractivity contribution in [2.24, 2.45) is 0 Å². The molecule has 3 aromatic heterocycles. The van der Waals surface area contributed by atoms with E-state index in [4.69, 9.17) is 10.5 Å². The summed E-state index contributed by atoms with van der Waals surface area (Å²) in [6, 6.07) is 1.83. The number of pyridine rings is 1. The van der Waals surface area contributed by atoms with Crippen LogP contribution in [0.3, 0.4) is 0 Å². The Kier molecular flexibility index (Phi) is 5.59. The van der Waals surface area contributed by atoms with E-state index in [1.165, 1.54) is 0 Å². The molecule has 0 aromatic carbocycles. The Balaban J connectivity index is 1.65. The maximum Gasteiger partial charge on any atom is 0.410 e. The number of carbonyl (C=O) groups is 1. The van der Waals surface area contributed by atoms with E-state index in [0.29, 0.717) is 17.7 Å². The van der Waals surface area contributed by atoms with Gasteiger partial charge in [0.2, 0.25) is 5.95 Å². The van der Waals surface area contributed by atoms with Crippen LogP contribution in [0, 0.1) is 5.82 Å². The summed E-state index contributed by atoms with van der Waals surface area (Å²) in [4.78, 5) is 26.3. The van der Waals surface area contributed by atoms with Crippen LogP contribution in [0.25, 0.3) is 16.7 Å². The van der Waals surface area contributed by atoms with Crippen molar-refractivity contribution in [1.82, 2.24) is 24.4 Å². The average Bonchev–Trinajstić information content (AvgIpc) is 3.07. The molecule has 10 heteroatoms. The third kappa shape index (κ3) is 4.48. The predicted octanol–water partition coefficient (Wildman–Crippen LogP) is 4.41. The number of anilines is 1. The number of hydrogen-bond donors (Lipinski definition) is 1. The molecule has 0 aliphatic carbocycles. The summed E-state index contributed by atoms with van der Waals surface area (Å²) in [5.41, 5.74) is 6.98. The Morgan fingerprint density at radius 1 is 1.26 bits per heavy atom. The van der Waals surface area contributed by atoms with Crippen molar-refractivity contribution in [2.75, 3.05) is 18.8 Å². The molecular weight excluding hydrogens is 467 g/mol. The van der Waals surface area contributed by atoms with Gasteiger partial charge in [0.1, 0.15) is 10.2 Å². The molecule has 164 valence electrons. The van der Waals surface area contributed by atoms with E-state index in [2.05, 4.69) is 30.9 Å². The van der Waals surface area contributed by atoms with Crippen LogP contribution in [0.2, 0.25) is 0 Å². The second-order valence-electron chi connectivity index (χ2n) is 8.62. The van der Waals surface area contributed by atoms with E-state index in [0.717, 1.165) is 35.5 Å². The number of halogens is 2. The van der Waals surface area contributed by atoms with Crippen molar-refractivity contribution >= 4 is 38.9 Å². The third-order valence-electron chi connectivity index (χ3n) is 5.25. The minimum Gasteiger partial charge on any atom is -0.444 e. The lowest BCUT2D eigenvalue weighted by atomic mass is 9.90. The average molecular weight is 491 g/mol. The first-order valence-corrected chi connectivity index (χ1v) is 10.8. The Bertz CT molecular complexity index is 1130. The Hall–Kier alpha value is -2.75. The zero-order valence-corrected chi connectivity index (χ0v) is 19.2. The molecule has 1 aliphatic heterocycles. The summed E-state index contributed by atoms with van der Waals surface area (Å²) in [5, 5.41) is 0.913. The molecule has 2 N–H and O–H groups in total. The highest BCUT2D eigenvalue weighted by Crippen LogP contribution is 2.36. The molecule has 1 aliphatic rings. The summed E-state index contributed by atoms with van der Waals surface area (Å²) < 4.78 is 22.3. The molecule has 0 spiro atoms. The molecule has 0 atom stereocenters. The first kappa shape index (κ1) is 21.5. The SMILES string of the molecule is CC(C)(C)OC(=O)N1CCC(c2cn(-c3nc(N)ncc3F)c3cc(Br)ncc23)CC1. The minimum absolute atomic E-state index is 0.00130. The second-order valence-corrected chi connectivity index (χ2v) is 9.43. The van der Waals surface area contributed by atoms with E-state index < -0.39 is 11.4 Å². The molecule has 1 saturated heterocycles. The summed E-state index contributed by atoms with van der Waals surface area (Å²) in [5.74, 6) is -0.287. The fraction of sp³-hybridized carbons (Fsp3) is 0.429. The number of nitrogens with two attached hydrogens (primary N) is 1. The standard InChI is InChI=1S/C21H24BrFN6O2/c1-21(2,3)31-20(30)28-6-4-12(5-7-28)14-11-29(16-8-17(22)25-9-13(14)16)18-15(23)10-26-19(24)27-18/h8-12H,4-7H2,1-3H3,(H2,24,26,27). The smallest absolute Gasteiger partial charge is 0.410 e. The fourth-order valence-electron chi connectivity index (χ4n) is 3.86. The van der Waals surface area contributed by atoms with Crippen LogP contribution in [0.4, 0.5) is 15.1 Å². The van der Waals surface area contributed by atoms with Gasteiger partial charge in [-0.2, -0.15) is 4.98 Å².